The Hall–Kier alpha value is -0.910. The first-order valence-corrected chi connectivity index (χ1v) is 7.04. The lowest BCUT2D eigenvalue weighted by Gasteiger charge is -2.31. The van der Waals surface area contributed by atoms with Crippen molar-refractivity contribution in [3.63, 3.8) is 0 Å². The van der Waals surface area contributed by atoms with E-state index >= 15 is 0 Å². The van der Waals surface area contributed by atoms with Gasteiger partial charge in [0.15, 0.2) is 4.96 Å². The van der Waals surface area contributed by atoms with E-state index in [2.05, 4.69) is 44.4 Å². The van der Waals surface area contributed by atoms with E-state index in [9.17, 15) is 0 Å². The fourth-order valence-electron chi connectivity index (χ4n) is 2.52. The number of likely N-dealkylation sites (N-methyl/N-ethyl adjacent to an activating group) is 1. The van der Waals surface area contributed by atoms with Crippen LogP contribution < -0.4 is 5.32 Å². The van der Waals surface area contributed by atoms with Crippen molar-refractivity contribution in [3.8, 4) is 0 Å². The number of aromatic nitrogens is 2. The molecule has 4 nitrogen and oxygen atoms in total. The van der Waals surface area contributed by atoms with Gasteiger partial charge in [0.1, 0.15) is 0 Å². The van der Waals surface area contributed by atoms with E-state index in [1.54, 1.807) is 11.3 Å². The Kier molecular flexibility index (Phi) is 3.13. The Bertz CT molecular complexity index is 461. The molecule has 1 N–H and O–H groups in total. The molecule has 0 aliphatic carbocycles. The van der Waals surface area contributed by atoms with Gasteiger partial charge in [-0.05, 0) is 26.4 Å². The second-order valence-corrected chi connectivity index (χ2v) is 5.56. The Morgan fingerprint density at radius 1 is 1.59 bits per heavy atom. The highest BCUT2D eigenvalue weighted by atomic mass is 32.1. The molecule has 1 saturated heterocycles. The first-order chi connectivity index (χ1) is 8.35. The Labute approximate surface area is 105 Å². The smallest absolute Gasteiger partial charge is 0.193 e. The fourth-order valence-corrected chi connectivity index (χ4v) is 3.24. The van der Waals surface area contributed by atoms with Crippen molar-refractivity contribution < 1.29 is 0 Å². The molecule has 1 atom stereocenters. The highest BCUT2D eigenvalue weighted by Gasteiger charge is 2.19. The van der Waals surface area contributed by atoms with Crippen LogP contribution in [0.3, 0.4) is 0 Å². The Balaban J connectivity index is 1.68. The lowest BCUT2D eigenvalue weighted by molar-refractivity contribution is 0.186. The van der Waals surface area contributed by atoms with Crippen LogP contribution in [0.15, 0.2) is 17.8 Å². The van der Waals surface area contributed by atoms with Crippen LogP contribution in [0.1, 0.15) is 18.5 Å². The normalized spacial score (nSPS) is 22.3. The minimum atomic E-state index is 0.646. The molecule has 0 spiro atoms. The van der Waals surface area contributed by atoms with Gasteiger partial charge in [-0.2, -0.15) is 0 Å². The largest absolute Gasteiger partial charge is 0.316 e. The number of nitrogens with one attached hydrogen (secondary N) is 1. The van der Waals surface area contributed by atoms with Gasteiger partial charge in [0.25, 0.3) is 0 Å². The van der Waals surface area contributed by atoms with Crippen LogP contribution in [0.25, 0.3) is 4.96 Å². The first-order valence-electron chi connectivity index (χ1n) is 6.16. The summed E-state index contributed by atoms with van der Waals surface area (Å²) in [6, 6.07) is 0.646. The molecule has 2 aromatic heterocycles. The number of piperidine rings is 1. The molecule has 0 aromatic carbocycles. The van der Waals surface area contributed by atoms with Crippen LogP contribution in [0.2, 0.25) is 0 Å². The zero-order chi connectivity index (χ0) is 11.7. The monoisotopic (exact) mass is 250 g/mol. The van der Waals surface area contributed by atoms with Crippen LogP contribution in [0, 0.1) is 0 Å². The minimum Gasteiger partial charge on any atom is -0.316 e. The molecule has 1 unspecified atom stereocenters. The van der Waals surface area contributed by atoms with Crippen molar-refractivity contribution in [3.05, 3.63) is 23.5 Å². The fraction of sp³-hybridized carbons (Fsp3) is 0.583. The molecule has 92 valence electrons. The quantitative estimate of drug-likeness (QED) is 0.897. The lowest BCUT2D eigenvalue weighted by atomic mass is 10.1. The van der Waals surface area contributed by atoms with E-state index in [1.165, 1.54) is 25.1 Å². The van der Waals surface area contributed by atoms with Crippen molar-refractivity contribution in [2.75, 3.05) is 20.1 Å². The number of thiazole rings is 1. The molecule has 3 rings (SSSR count). The standard InChI is InChI=1S/C12H18N4S/c1-13-10-3-2-4-15(7-10)8-11-9-16-5-6-17-12(16)14-11/h5-6,9-10,13H,2-4,7-8H2,1H3. The summed E-state index contributed by atoms with van der Waals surface area (Å²) in [5.74, 6) is 0. The van der Waals surface area contributed by atoms with Gasteiger partial charge < -0.3 is 5.32 Å². The van der Waals surface area contributed by atoms with Gasteiger partial charge in [-0.1, -0.05) is 0 Å². The van der Waals surface area contributed by atoms with Crippen molar-refractivity contribution >= 4 is 16.3 Å². The third kappa shape index (κ3) is 2.36. The molecule has 1 fully saturated rings. The molecule has 0 bridgehead atoms. The molecule has 0 saturated carbocycles. The van der Waals surface area contributed by atoms with Gasteiger partial charge in [-0.25, -0.2) is 4.98 Å². The number of hydrogen-bond acceptors (Lipinski definition) is 4. The van der Waals surface area contributed by atoms with Gasteiger partial charge in [0.2, 0.25) is 0 Å². The summed E-state index contributed by atoms with van der Waals surface area (Å²) in [5, 5.41) is 5.45. The van der Waals surface area contributed by atoms with Gasteiger partial charge >= 0.3 is 0 Å². The van der Waals surface area contributed by atoms with Gasteiger partial charge in [-0.15, -0.1) is 11.3 Å². The maximum atomic E-state index is 4.64. The molecule has 17 heavy (non-hydrogen) atoms. The molecule has 0 radical (unpaired) electrons. The topological polar surface area (TPSA) is 32.6 Å². The summed E-state index contributed by atoms with van der Waals surface area (Å²) in [4.78, 5) is 8.23. The number of likely N-dealkylation sites (tertiary alicyclic amines) is 1. The predicted molar refractivity (Wildman–Crippen MR) is 70.4 cm³/mol. The highest BCUT2D eigenvalue weighted by molar-refractivity contribution is 7.15. The second-order valence-electron chi connectivity index (χ2n) is 4.69. The maximum Gasteiger partial charge on any atom is 0.193 e. The zero-order valence-electron chi connectivity index (χ0n) is 10.1. The van der Waals surface area contributed by atoms with Crippen LogP contribution in [-0.4, -0.2) is 40.5 Å². The van der Waals surface area contributed by atoms with Crippen LogP contribution in [0.4, 0.5) is 0 Å². The van der Waals surface area contributed by atoms with Gasteiger partial charge in [0, 0.05) is 36.9 Å². The Morgan fingerprint density at radius 3 is 3.35 bits per heavy atom. The van der Waals surface area contributed by atoms with Crippen molar-refractivity contribution in [2.24, 2.45) is 0 Å². The average molecular weight is 250 g/mol. The second kappa shape index (κ2) is 4.76. The number of rotatable bonds is 3. The number of fused-ring (bicyclic) bond motifs is 1. The summed E-state index contributed by atoms with van der Waals surface area (Å²) in [7, 11) is 2.06. The molecule has 3 heterocycles. The third-order valence-corrected chi connectivity index (χ3v) is 4.21. The molecule has 5 heteroatoms. The predicted octanol–water partition coefficient (Wildman–Crippen LogP) is 1.58. The molecule has 1 aliphatic heterocycles. The summed E-state index contributed by atoms with van der Waals surface area (Å²) in [6.07, 6.45) is 6.80. The SMILES string of the molecule is CNC1CCCN(Cc2cn3ccsc3n2)C1. The molecule has 2 aromatic rings. The van der Waals surface area contributed by atoms with E-state index in [1.807, 2.05) is 0 Å². The first kappa shape index (κ1) is 11.2. The molecular formula is C12H18N4S. The van der Waals surface area contributed by atoms with E-state index in [0.29, 0.717) is 6.04 Å². The van der Waals surface area contributed by atoms with Crippen molar-refractivity contribution in [1.29, 1.82) is 0 Å². The van der Waals surface area contributed by atoms with Crippen LogP contribution in [0.5, 0.6) is 0 Å². The number of imidazole rings is 1. The zero-order valence-corrected chi connectivity index (χ0v) is 10.9. The highest BCUT2D eigenvalue weighted by Crippen LogP contribution is 2.16. The van der Waals surface area contributed by atoms with E-state index in [4.69, 9.17) is 0 Å². The Morgan fingerprint density at radius 2 is 2.53 bits per heavy atom. The van der Waals surface area contributed by atoms with Crippen LogP contribution >= 0.6 is 11.3 Å². The number of nitrogens with zero attached hydrogens (tertiary/aromatic N) is 3. The summed E-state index contributed by atoms with van der Waals surface area (Å²) in [6.45, 7) is 3.32. The van der Waals surface area contributed by atoms with Crippen molar-refractivity contribution in [1.82, 2.24) is 19.6 Å². The van der Waals surface area contributed by atoms with Gasteiger partial charge in [0.05, 0.1) is 5.69 Å². The van der Waals surface area contributed by atoms with Crippen molar-refractivity contribution in [2.45, 2.75) is 25.4 Å². The molecule has 1 aliphatic rings. The van der Waals surface area contributed by atoms with Gasteiger partial charge in [-0.3, -0.25) is 9.30 Å². The van der Waals surface area contributed by atoms with E-state index in [-0.39, 0.29) is 0 Å². The maximum absolute atomic E-state index is 4.64. The third-order valence-electron chi connectivity index (χ3n) is 3.44. The van der Waals surface area contributed by atoms with E-state index in [0.717, 1.165) is 18.1 Å². The summed E-state index contributed by atoms with van der Waals surface area (Å²) >= 11 is 1.70. The molecule has 0 amide bonds. The van der Waals surface area contributed by atoms with E-state index < -0.39 is 0 Å². The van der Waals surface area contributed by atoms with Crippen LogP contribution in [-0.2, 0) is 6.54 Å². The minimum absolute atomic E-state index is 0.646. The summed E-state index contributed by atoms with van der Waals surface area (Å²) in [5.41, 5.74) is 1.19. The average Bonchev–Trinajstić information content (AvgIpc) is 2.90. The lowest BCUT2D eigenvalue weighted by Crippen LogP contribution is -2.43. The molecular weight excluding hydrogens is 232 g/mol. The number of hydrogen-bond donors (Lipinski definition) is 1. The summed E-state index contributed by atoms with van der Waals surface area (Å²) < 4.78 is 2.11.